The number of piperidine rings is 2. The average Bonchev–Trinajstić information content (AvgIpc) is 3.16. The van der Waals surface area contributed by atoms with Crippen molar-refractivity contribution in [2.24, 2.45) is 5.92 Å². The summed E-state index contributed by atoms with van der Waals surface area (Å²) in [4.78, 5) is 2.74. The van der Waals surface area contributed by atoms with Crippen molar-refractivity contribution in [3.05, 3.63) is 0 Å². The Balaban J connectivity index is 1.32. The molecule has 0 aromatic carbocycles. The maximum absolute atomic E-state index is 4.11. The van der Waals surface area contributed by atoms with Crippen molar-refractivity contribution in [3.63, 3.8) is 0 Å². The highest BCUT2D eigenvalue weighted by Crippen LogP contribution is 2.34. The zero-order valence-corrected chi connectivity index (χ0v) is 13.5. The Morgan fingerprint density at radius 2 is 1.86 bits per heavy atom. The molecule has 3 saturated heterocycles. The molecule has 5 unspecified atom stereocenters. The van der Waals surface area contributed by atoms with Gasteiger partial charge in [-0.3, -0.25) is 0 Å². The summed E-state index contributed by atoms with van der Waals surface area (Å²) < 4.78 is 0. The summed E-state index contributed by atoms with van der Waals surface area (Å²) >= 11 is 0. The van der Waals surface area contributed by atoms with Gasteiger partial charge < -0.3 is 15.5 Å². The number of fused-ring (bicyclic) bond motifs is 1. The van der Waals surface area contributed by atoms with Gasteiger partial charge in [0, 0.05) is 24.2 Å². The lowest BCUT2D eigenvalue weighted by atomic mass is 9.87. The zero-order chi connectivity index (χ0) is 14.1. The maximum Gasteiger partial charge on any atom is 0.0113 e. The molecule has 0 aromatic rings. The van der Waals surface area contributed by atoms with Crippen LogP contribution in [0.15, 0.2) is 0 Å². The van der Waals surface area contributed by atoms with E-state index in [0.29, 0.717) is 0 Å². The van der Waals surface area contributed by atoms with Gasteiger partial charge in [0.15, 0.2) is 0 Å². The van der Waals surface area contributed by atoms with Crippen LogP contribution in [0.2, 0.25) is 0 Å². The topological polar surface area (TPSA) is 27.3 Å². The molecular weight excluding hydrogens is 258 g/mol. The van der Waals surface area contributed by atoms with Crippen LogP contribution in [-0.2, 0) is 0 Å². The Bertz CT molecular complexity index is 339. The van der Waals surface area contributed by atoms with Crippen LogP contribution in [0.25, 0.3) is 0 Å². The number of rotatable bonds is 3. The van der Waals surface area contributed by atoms with Crippen LogP contribution >= 0.6 is 0 Å². The Morgan fingerprint density at radius 3 is 2.76 bits per heavy atom. The predicted octanol–water partition coefficient (Wildman–Crippen LogP) is 2.51. The van der Waals surface area contributed by atoms with Crippen LogP contribution in [0.3, 0.4) is 0 Å². The predicted molar refractivity (Wildman–Crippen MR) is 87.5 cm³/mol. The monoisotopic (exact) mass is 291 g/mol. The van der Waals surface area contributed by atoms with Gasteiger partial charge in [0.05, 0.1) is 0 Å². The minimum Gasteiger partial charge on any atom is -0.314 e. The number of hydrogen-bond acceptors (Lipinski definition) is 3. The first-order valence-electron chi connectivity index (χ1n) is 9.63. The third-order valence-corrected chi connectivity index (χ3v) is 6.70. The molecule has 3 aliphatic heterocycles. The van der Waals surface area contributed by atoms with Gasteiger partial charge in [-0.2, -0.15) is 0 Å². The molecule has 2 N–H and O–H groups in total. The molecule has 0 amide bonds. The lowest BCUT2D eigenvalue weighted by Crippen LogP contribution is -2.52. The van der Waals surface area contributed by atoms with Crippen molar-refractivity contribution < 1.29 is 0 Å². The third kappa shape index (κ3) is 3.16. The SMILES string of the molecule is C1CCC(C2CCCC2NC2CCN3CCCC3C2)NC1. The van der Waals surface area contributed by atoms with E-state index in [1.54, 1.807) is 0 Å². The molecule has 21 heavy (non-hydrogen) atoms. The van der Waals surface area contributed by atoms with Gasteiger partial charge in [-0.15, -0.1) is 0 Å². The minimum atomic E-state index is 0.804. The molecule has 4 rings (SSSR count). The quantitative estimate of drug-likeness (QED) is 0.837. The summed E-state index contributed by atoms with van der Waals surface area (Å²) in [5, 5.41) is 7.93. The average molecular weight is 291 g/mol. The molecule has 0 radical (unpaired) electrons. The fraction of sp³-hybridized carbons (Fsp3) is 1.00. The minimum absolute atomic E-state index is 0.804. The first-order valence-corrected chi connectivity index (χ1v) is 9.63. The van der Waals surface area contributed by atoms with Crippen molar-refractivity contribution in [2.75, 3.05) is 19.6 Å². The molecule has 4 aliphatic rings. The second-order valence-corrected chi connectivity index (χ2v) is 7.98. The standard InChI is InChI=1S/C18H33N3/c1-2-10-19-17(7-1)16-6-3-8-18(16)20-14-9-12-21-11-4-5-15(21)13-14/h14-20H,1-13H2. The molecule has 0 bridgehead atoms. The number of nitrogens with zero attached hydrogens (tertiary/aromatic N) is 1. The van der Waals surface area contributed by atoms with Crippen LogP contribution in [-0.4, -0.2) is 48.7 Å². The molecule has 120 valence electrons. The smallest absolute Gasteiger partial charge is 0.0113 e. The van der Waals surface area contributed by atoms with E-state index >= 15 is 0 Å². The molecule has 3 heteroatoms. The summed E-state index contributed by atoms with van der Waals surface area (Å²) in [6.45, 7) is 3.98. The Hall–Kier alpha value is -0.120. The van der Waals surface area contributed by atoms with Crippen molar-refractivity contribution in [1.82, 2.24) is 15.5 Å². The first-order chi connectivity index (χ1) is 10.4. The van der Waals surface area contributed by atoms with Crippen LogP contribution < -0.4 is 10.6 Å². The van der Waals surface area contributed by atoms with E-state index in [1.807, 2.05) is 0 Å². The van der Waals surface area contributed by atoms with Crippen LogP contribution in [0.5, 0.6) is 0 Å². The molecule has 3 nitrogen and oxygen atoms in total. The maximum atomic E-state index is 4.11. The van der Waals surface area contributed by atoms with E-state index in [4.69, 9.17) is 0 Å². The van der Waals surface area contributed by atoms with E-state index in [0.717, 1.165) is 30.1 Å². The summed E-state index contributed by atoms with van der Waals surface area (Å²) in [7, 11) is 0. The van der Waals surface area contributed by atoms with Crippen molar-refractivity contribution in [3.8, 4) is 0 Å². The van der Waals surface area contributed by atoms with E-state index in [-0.39, 0.29) is 0 Å². The Kier molecular flexibility index (Phi) is 4.52. The number of hydrogen-bond donors (Lipinski definition) is 2. The number of nitrogens with one attached hydrogen (secondary N) is 2. The molecule has 5 atom stereocenters. The van der Waals surface area contributed by atoms with Gasteiger partial charge in [-0.1, -0.05) is 12.8 Å². The van der Waals surface area contributed by atoms with Crippen molar-refractivity contribution in [2.45, 2.75) is 88.4 Å². The van der Waals surface area contributed by atoms with Crippen LogP contribution in [0.1, 0.15) is 64.2 Å². The van der Waals surface area contributed by atoms with E-state index in [9.17, 15) is 0 Å². The van der Waals surface area contributed by atoms with Crippen molar-refractivity contribution >= 4 is 0 Å². The molecule has 0 aromatic heterocycles. The fourth-order valence-corrected chi connectivity index (χ4v) is 5.60. The molecule has 4 fully saturated rings. The first kappa shape index (κ1) is 14.5. The van der Waals surface area contributed by atoms with Crippen molar-refractivity contribution in [1.29, 1.82) is 0 Å². The van der Waals surface area contributed by atoms with Gasteiger partial charge in [0.25, 0.3) is 0 Å². The molecule has 0 spiro atoms. The van der Waals surface area contributed by atoms with Gasteiger partial charge >= 0.3 is 0 Å². The third-order valence-electron chi connectivity index (χ3n) is 6.70. The highest BCUT2D eigenvalue weighted by atomic mass is 15.2. The Labute approximate surface area is 130 Å². The largest absolute Gasteiger partial charge is 0.314 e. The van der Waals surface area contributed by atoms with Crippen LogP contribution in [0.4, 0.5) is 0 Å². The van der Waals surface area contributed by atoms with Gasteiger partial charge in [-0.05, 0) is 76.9 Å². The highest BCUT2D eigenvalue weighted by Gasteiger charge is 2.37. The zero-order valence-electron chi connectivity index (χ0n) is 13.5. The van der Waals surface area contributed by atoms with Gasteiger partial charge in [0.1, 0.15) is 0 Å². The second kappa shape index (κ2) is 6.55. The van der Waals surface area contributed by atoms with E-state index in [2.05, 4.69) is 15.5 Å². The molecular formula is C18H33N3. The second-order valence-electron chi connectivity index (χ2n) is 7.98. The van der Waals surface area contributed by atoms with Gasteiger partial charge in [-0.25, -0.2) is 0 Å². The summed E-state index contributed by atoms with van der Waals surface area (Å²) in [5.74, 6) is 0.909. The fourth-order valence-electron chi connectivity index (χ4n) is 5.60. The van der Waals surface area contributed by atoms with E-state index in [1.165, 1.54) is 83.8 Å². The van der Waals surface area contributed by atoms with E-state index < -0.39 is 0 Å². The van der Waals surface area contributed by atoms with Gasteiger partial charge in [0.2, 0.25) is 0 Å². The molecule has 1 saturated carbocycles. The lowest BCUT2D eigenvalue weighted by molar-refractivity contribution is 0.150. The summed E-state index contributed by atoms with van der Waals surface area (Å²) in [6, 6.07) is 3.33. The molecule has 3 heterocycles. The van der Waals surface area contributed by atoms with Crippen LogP contribution in [0, 0.1) is 5.92 Å². The normalized spacial score (nSPS) is 44.9. The summed E-state index contributed by atoms with van der Waals surface area (Å²) in [6.07, 6.45) is 14.3. The highest BCUT2D eigenvalue weighted by molar-refractivity contribution is 4.96. The lowest BCUT2D eigenvalue weighted by Gasteiger charge is -2.39. The Morgan fingerprint density at radius 1 is 0.857 bits per heavy atom. The molecule has 1 aliphatic carbocycles. The summed E-state index contributed by atoms with van der Waals surface area (Å²) in [5.41, 5.74) is 0.